The van der Waals surface area contributed by atoms with Crippen LogP contribution >= 0.6 is 0 Å². The Kier molecular flexibility index (Phi) is 11.7. The Labute approximate surface area is 235 Å². The van der Waals surface area contributed by atoms with Crippen molar-refractivity contribution in [2.75, 3.05) is 13.1 Å². The Hall–Kier alpha value is -3.26. The SMILES string of the molecule is CC(C)[C@H](O)C(=O)N1C[C@H](OC(C)(C)C)CC1C(=O)N[C@@H](CC(F)F)C(=O)NCCc1c(F)cc(C(=O)O)cc1F. The molecule has 41 heavy (non-hydrogen) atoms. The summed E-state index contributed by atoms with van der Waals surface area (Å²) in [5.74, 6) is -7.02. The molecule has 4 N–H and O–H groups in total. The minimum Gasteiger partial charge on any atom is -0.478 e. The first-order valence-electron chi connectivity index (χ1n) is 13.1. The number of aromatic carboxylic acids is 1. The molecule has 1 saturated heterocycles. The second-order valence-electron chi connectivity index (χ2n) is 11.2. The summed E-state index contributed by atoms with van der Waals surface area (Å²) in [6.45, 7) is 8.09. The molecule has 3 amide bonds. The molecule has 230 valence electrons. The van der Waals surface area contributed by atoms with Crippen LogP contribution in [0.25, 0.3) is 0 Å². The molecule has 0 bridgehead atoms. The third kappa shape index (κ3) is 9.66. The largest absolute Gasteiger partial charge is 0.478 e. The van der Waals surface area contributed by atoms with Crippen LogP contribution in [0.5, 0.6) is 0 Å². The molecular weight excluding hydrogens is 554 g/mol. The number of carbonyl (C=O) groups excluding carboxylic acids is 3. The lowest BCUT2D eigenvalue weighted by Gasteiger charge is -2.29. The van der Waals surface area contributed by atoms with Crippen LogP contribution in [0, 0.1) is 17.6 Å². The van der Waals surface area contributed by atoms with Gasteiger partial charge in [0.15, 0.2) is 0 Å². The molecule has 14 heteroatoms. The van der Waals surface area contributed by atoms with Gasteiger partial charge in [0.2, 0.25) is 18.2 Å². The van der Waals surface area contributed by atoms with Crippen molar-refractivity contribution in [2.45, 2.75) is 90.2 Å². The van der Waals surface area contributed by atoms with Crippen molar-refractivity contribution in [3.05, 3.63) is 34.9 Å². The zero-order valence-electron chi connectivity index (χ0n) is 23.5. The number of halogens is 4. The second kappa shape index (κ2) is 14.1. The number of nitrogens with one attached hydrogen (secondary N) is 2. The molecule has 1 unspecified atom stereocenters. The number of aliphatic hydroxyl groups is 1. The topological polar surface area (TPSA) is 145 Å². The highest BCUT2D eigenvalue weighted by atomic mass is 19.3. The van der Waals surface area contributed by atoms with Crippen LogP contribution in [0.2, 0.25) is 0 Å². The Morgan fingerprint density at radius 1 is 1.12 bits per heavy atom. The fourth-order valence-electron chi connectivity index (χ4n) is 4.41. The van der Waals surface area contributed by atoms with Crippen LogP contribution in [-0.4, -0.2) is 88.2 Å². The van der Waals surface area contributed by atoms with Crippen LogP contribution < -0.4 is 10.6 Å². The van der Waals surface area contributed by atoms with Gasteiger partial charge in [-0.2, -0.15) is 0 Å². The van der Waals surface area contributed by atoms with E-state index >= 15 is 0 Å². The molecule has 1 aliphatic rings. The molecule has 10 nitrogen and oxygen atoms in total. The van der Waals surface area contributed by atoms with Gasteiger partial charge in [-0.25, -0.2) is 22.4 Å². The molecule has 1 aromatic carbocycles. The van der Waals surface area contributed by atoms with Crippen molar-refractivity contribution < 1.29 is 51.7 Å². The summed E-state index contributed by atoms with van der Waals surface area (Å²) in [6.07, 6.45) is -6.55. The molecule has 4 atom stereocenters. The molecule has 1 aromatic rings. The lowest BCUT2D eigenvalue weighted by molar-refractivity contribution is -0.148. The number of nitrogens with zero attached hydrogens (tertiary/aromatic N) is 1. The van der Waals surface area contributed by atoms with Crippen LogP contribution in [0.1, 0.15) is 63.4 Å². The monoisotopic (exact) mass is 591 g/mol. The molecule has 2 rings (SSSR count). The molecule has 0 aliphatic carbocycles. The number of hydrogen-bond acceptors (Lipinski definition) is 6. The van der Waals surface area contributed by atoms with Crippen molar-refractivity contribution in [1.29, 1.82) is 0 Å². The van der Waals surface area contributed by atoms with Crippen molar-refractivity contribution in [3.63, 3.8) is 0 Å². The van der Waals surface area contributed by atoms with Crippen LogP contribution in [-0.2, 0) is 25.5 Å². The van der Waals surface area contributed by atoms with Gasteiger partial charge in [-0.3, -0.25) is 14.4 Å². The number of amides is 3. The molecule has 0 saturated carbocycles. The summed E-state index contributed by atoms with van der Waals surface area (Å²) >= 11 is 0. The van der Waals surface area contributed by atoms with E-state index < -0.39 is 108 Å². The van der Waals surface area contributed by atoms with E-state index in [-0.39, 0.29) is 13.0 Å². The quantitative estimate of drug-likeness (QED) is 0.273. The van der Waals surface area contributed by atoms with E-state index in [1.165, 1.54) is 0 Å². The van der Waals surface area contributed by atoms with E-state index in [1.54, 1.807) is 34.6 Å². The van der Waals surface area contributed by atoms with Gasteiger partial charge in [-0.1, -0.05) is 13.8 Å². The van der Waals surface area contributed by atoms with E-state index in [9.17, 15) is 41.8 Å². The second-order valence-corrected chi connectivity index (χ2v) is 11.2. The van der Waals surface area contributed by atoms with Crippen molar-refractivity contribution in [2.24, 2.45) is 5.92 Å². The zero-order chi connectivity index (χ0) is 31.2. The highest BCUT2D eigenvalue weighted by molar-refractivity contribution is 5.93. The molecule has 1 aliphatic heterocycles. The summed E-state index contributed by atoms with van der Waals surface area (Å²) in [6, 6.07) is -1.73. The Bertz CT molecular complexity index is 1100. The van der Waals surface area contributed by atoms with Gasteiger partial charge >= 0.3 is 5.97 Å². The number of carboxylic acids is 1. The van der Waals surface area contributed by atoms with E-state index in [4.69, 9.17) is 9.84 Å². The zero-order valence-corrected chi connectivity index (χ0v) is 23.5. The average Bonchev–Trinajstić information content (AvgIpc) is 3.25. The van der Waals surface area contributed by atoms with E-state index in [0.29, 0.717) is 12.1 Å². The third-order valence-corrected chi connectivity index (χ3v) is 6.36. The predicted octanol–water partition coefficient (Wildman–Crippen LogP) is 2.26. The smallest absolute Gasteiger partial charge is 0.335 e. The molecule has 1 fully saturated rings. The van der Waals surface area contributed by atoms with Gasteiger partial charge < -0.3 is 30.5 Å². The number of benzene rings is 1. The Balaban J connectivity index is 2.16. The minimum atomic E-state index is -3.01. The van der Waals surface area contributed by atoms with Gasteiger partial charge in [0.05, 0.1) is 17.3 Å². The maximum atomic E-state index is 14.2. The summed E-state index contributed by atoms with van der Waals surface area (Å²) in [4.78, 5) is 50.9. The average molecular weight is 592 g/mol. The standard InChI is InChI=1S/C27H37F4N3O7/c1-13(2)22(35)25(38)34-12-15(41-27(3,4)5)10-20(34)24(37)33-19(11-21(30)31)23(36)32-7-6-16-17(28)8-14(26(39)40)9-18(16)29/h8-9,13,15,19-22,35H,6-7,10-12H2,1-5H3,(H,32,36)(H,33,37)(H,39,40)/t15-,19+,20?,22+/m1/s1. The molecule has 0 radical (unpaired) electrons. The summed E-state index contributed by atoms with van der Waals surface area (Å²) in [5.41, 5.74) is -1.76. The minimum absolute atomic E-state index is 0.00638. The van der Waals surface area contributed by atoms with Crippen molar-refractivity contribution in [1.82, 2.24) is 15.5 Å². The third-order valence-electron chi connectivity index (χ3n) is 6.36. The first kappa shape index (κ1) is 33.9. The van der Waals surface area contributed by atoms with Gasteiger partial charge in [0, 0.05) is 31.5 Å². The lowest BCUT2D eigenvalue weighted by atomic mass is 10.1. The van der Waals surface area contributed by atoms with E-state index in [0.717, 1.165) is 4.90 Å². The molecule has 0 spiro atoms. The highest BCUT2D eigenvalue weighted by Gasteiger charge is 2.44. The maximum Gasteiger partial charge on any atom is 0.335 e. The predicted molar refractivity (Wildman–Crippen MR) is 138 cm³/mol. The number of aliphatic hydroxyl groups excluding tert-OH is 1. The normalized spacial score (nSPS) is 18.9. The Morgan fingerprint density at radius 2 is 1.71 bits per heavy atom. The molecule has 0 aromatic heterocycles. The van der Waals surface area contributed by atoms with Gasteiger partial charge in [0.25, 0.3) is 5.91 Å². The lowest BCUT2D eigenvalue weighted by Crippen LogP contribution is -2.55. The number of ether oxygens (including phenoxy) is 1. The fraction of sp³-hybridized carbons (Fsp3) is 0.630. The summed E-state index contributed by atoms with van der Waals surface area (Å²) < 4.78 is 60.9. The van der Waals surface area contributed by atoms with Crippen LogP contribution in [0.3, 0.4) is 0 Å². The van der Waals surface area contributed by atoms with Crippen LogP contribution in [0.15, 0.2) is 12.1 Å². The molecular formula is C27H37F4N3O7. The summed E-state index contributed by atoms with van der Waals surface area (Å²) in [7, 11) is 0. The van der Waals surface area contributed by atoms with E-state index in [2.05, 4.69) is 10.6 Å². The van der Waals surface area contributed by atoms with E-state index in [1.807, 2.05) is 0 Å². The highest BCUT2D eigenvalue weighted by Crippen LogP contribution is 2.27. The number of rotatable bonds is 12. The summed E-state index contributed by atoms with van der Waals surface area (Å²) in [5, 5.41) is 23.7. The molecule has 1 heterocycles. The number of likely N-dealkylation sites (tertiary alicyclic amines) is 1. The Morgan fingerprint density at radius 3 is 2.20 bits per heavy atom. The number of carboxylic acid groups (broad SMARTS) is 1. The number of hydrogen-bond donors (Lipinski definition) is 4. The van der Waals surface area contributed by atoms with Crippen molar-refractivity contribution in [3.8, 4) is 0 Å². The first-order valence-corrected chi connectivity index (χ1v) is 13.1. The van der Waals surface area contributed by atoms with Crippen molar-refractivity contribution >= 4 is 23.7 Å². The van der Waals surface area contributed by atoms with Gasteiger partial charge in [0.1, 0.15) is 29.8 Å². The maximum absolute atomic E-state index is 14.2. The first-order chi connectivity index (χ1) is 18.9. The number of carbonyl (C=O) groups is 4. The number of alkyl halides is 2. The van der Waals surface area contributed by atoms with Gasteiger partial charge in [-0.05, 0) is 45.2 Å². The van der Waals surface area contributed by atoms with Gasteiger partial charge in [-0.15, -0.1) is 0 Å². The van der Waals surface area contributed by atoms with Crippen LogP contribution in [0.4, 0.5) is 17.6 Å². The fourth-order valence-corrected chi connectivity index (χ4v) is 4.41.